The molecule has 0 aromatic heterocycles. The number of hydrogen-bond acceptors (Lipinski definition) is 3. The van der Waals surface area contributed by atoms with E-state index in [-0.39, 0.29) is 0 Å². The number of methoxy groups -OCH3 is 1. The molecule has 3 heteroatoms. The molecule has 1 N–H and O–H groups in total. The number of piperidine rings is 1. The lowest BCUT2D eigenvalue weighted by atomic mass is 10.1. The van der Waals surface area contributed by atoms with Crippen molar-refractivity contribution in [1.82, 2.24) is 5.32 Å². The molecule has 3 nitrogen and oxygen atoms in total. The number of hydrogen-bond donors (Lipinski definition) is 1. The molecule has 2 rings (SSSR count). The average Bonchev–Trinajstić information content (AvgIpc) is 2.45. The number of nitrogens with one attached hydrogen (secondary N) is 1. The standard InChI is InChI=1S/C15H24N2O/c1-18-12-9-16-13-14-5-7-15(8-6-14)17-10-3-2-4-11-17/h5-8,16H,2-4,9-13H2,1H3. The van der Waals surface area contributed by atoms with Gasteiger partial charge in [0.15, 0.2) is 0 Å². The molecule has 1 aliphatic rings. The maximum atomic E-state index is 5.01. The number of anilines is 1. The van der Waals surface area contributed by atoms with Gasteiger partial charge in [-0.2, -0.15) is 0 Å². The molecule has 0 unspecified atom stereocenters. The molecule has 0 aliphatic carbocycles. The zero-order valence-corrected chi connectivity index (χ0v) is 11.3. The van der Waals surface area contributed by atoms with E-state index in [1.165, 1.54) is 43.6 Å². The van der Waals surface area contributed by atoms with Gasteiger partial charge in [0.2, 0.25) is 0 Å². The number of nitrogens with zero attached hydrogens (tertiary/aromatic N) is 1. The lowest BCUT2D eigenvalue weighted by molar-refractivity contribution is 0.199. The molecule has 1 aromatic carbocycles. The highest BCUT2D eigenvalue weighted by molar-refractivity contribution is 5.47. The van der Waals surface area contributed by atoms with E-state index < -0.39 is 0 Å². The Kier molecular flexibility index (Phi) is 5.49. The molecule has 1 saturated heterocycles. The van der Waals surface area contributed by atoms with Crippen LogP contribution in [-0.4, -0.2) is 33.4 Å². The van der Waals surface area contributed by atoms with Gasteiger partial charge in [0.1, 0.15) is 0 Å². The summed E-state index contributed by atoms with van der Waals surface area (Å²) in [5, 5.41) is 3.36. The van der Waals surface area contributed by atoms with Gasteiger partial charge in [0, 0.05) is 39.0 Å². The molecule has 0 radical (unpaired) electrons. The van der Waals surface area contributed by atoms with Crippen molar-refractivity contribution in [3.05, 3.63) is 29.8 Å². The quantitative estimate of drug-likeness (QED) is 0.782. The molecule has 100 valence electrons. The Morgan fingerprint density at radius 2 is 1.83 bits per heavy atom. The van der Waals surface area contributed by atoms with Crippen molar-refractivity contribution in [3.63, 3.8) is 0 Å². The van der Waals surface area contributed by atoms with Crippen LogP contribution >= 0.6 is 0 Å². The van der Waals surface area contributed by atoms with Gasteiger partial charge >= 0.3 is 0 Å². The third-order valence-corrected chi connectivity index (χ3v) is 3.47. The van der Waals surface area contributed by atoms with Crippen LogP contribution in [0.15, 0.2) is 24.3 Å². The molecule has 0 atom stereocenters. The van der Waals surface area contributed by atoms with Gasteiger partial charge in [-0.25, -0.2) is 0 Å². The van der Waals surface area contributed by atoms with Crippen LogP contribution in [-0.2, 0) is 11.3 Å². The maximum Gasteiger partial charge on any atom is 0.0587 e. The summed E-state index contributed by atoms with van der Waals surface area (Å²) >= 11 is 0. The fourth-order valence-corrected chi connectivity index (χ4v) is 2.38. The molecule has 18 heavy (non-hydrogen) atoms. The van der Waals surface area contributed by atoms with E-state index in [0.717, 1.165) is 19.7 Å². The number of rotatable bonds is 6. The summed E-state index contributed by atoms with van der Waals surface area (Å²) < 4.78 is 5.01. The van der Waals surface area contributed by atoms with Gasteiger partial charge in [-0.1, -0.05) is 12.1 Å². The molecule has 1 aromatic rings. The third-order valence-electron chi connectivity index (χ3n) is 3.47. The fraction of sp³-hybridized carbons (Fsp3) is 0.600. The van der Waals surface area contributed by atoms with E-state index in [2.05, 4.69) is 34.5 Å². The van der Waals surface area contributed by atoms with E-state index in [4.69, 9.17) is 4.74 Å². The van der Waals surface area contributed by atoms with Crippen LogP contribution in [0.25, 0.3) is 0 Å². The summed E-state index contributed by atoms with van der Waals surface area (Å²) in [6, 6.07) is 8.95. The van der Waals surface area contributed by atoms with Crippen LogP contribution < -0.4 is 10.2 Å². The summed E-state index contributed by atoms with van der Waals surface area (Å²) in [7, 11) is 1.73. The van der Waals surface area contributed by atoms with E-state index in [0.29, 0.717) is 0 Å². The summed E-state index contributed by atoms with van der Waals surface area (Å²) in [6.45, 7) is 5.02. The first-order valence-corrected chi connectivity index (χ1v) is 6.94. The molecular formula is C15H24N2O. The van der Waals surface area contributed by atoms with Crippen LogP contribution in [0.5, 0.6) is 0 Å². The van der Waals surface area contributed by atoms with Gasteiger partial charge < -0.3 is 15.0 Å². The maximum absolute atomic E-state index is 5.01. The monoisotopic (exact) mass is 248 g/mol. The Morgan fingerprint density at radius 3 is 2.50 bits per heavy atom. The van der Waals surface area contributed by atoms with E-state index in [1.807, 2.05) is 0 Å². The highest BCUT2D eigenvalue weighted by atomic mass is 16.5. The highest BCUT2D eigenvalue weighted by Gasteiger charge is 2.10. The van der Waals surface area contributed by atoms with E-state index in [1.54, 1.807) is 7.11 Å². The summed E-state index contributed by atoms with van der Waals surface area (Å²) in [4.78, 5) is 2.49. The molecule has 0 spiro atoms. The van der Waals surface area contributed by atoms with Gasteiger partial charge in [-0.05, 0) is 37.0 Å². The second-order valence-electron chi connectivity index (χ2n) is 4.88. The Hall–Kier alpha value is -1.06. The smallest absolute Gasteiger partial charge is 0.0587 e. The third kappa shape index (κ3) is 4.00. The molecule has 0 amide bonds. The minimum absolute atomic E-state index is 0.770. The molecular weight excluding hydrogens is 224 g/mol. The van der Waals surface area contributed by atoms with Crippen molar-refractivity contribution >= 4 is 5.69 Å². The van der Waals surface area contributed by atoms with Crippen LogP contribution in [0, 0.1) is 0 Å². The predicted octanol–water partition coefficient (Wildman–Crippen LogP) is 2.41. The molecule has 0 bridgehead atoms. The minimum atomic E-state index is 0.770. The molecule has 1 aliphatic heterocycles. The Morgan fingerprint density at radius 1 is 1.11 bits per heavy atom. The van der Waals surface area contributed by atoms with E-state index >= 15 is 0 Å². The lowest BCUT2D eigenvalue weighted by Crippen LogP contribution is -2.29. The summed E-state index contributed by atoms with van der Waals surface area (Å²) in [6.07, 6.45) is 4.05. The first-order valence-electron chi connectivity index (χ1n) is 6.94. The predicted molar refractivity (Wildman–Crippen MR) is 76.1 cm³/mol. The van der Waals surface area contributed by atoms with Gasteiger partial charge in [-0.15, -0.1) is 0 Å². The van der Waals surface area contributed by atoms with Crippen molar-refractivity contribution in [2.45, 2.75) is 25.8 Å². The van der Waals surface area contributed by atoms with Crippen molar-refractivity contribution in [2.24, 2.45) is 0 Å². The largest absolute Gasteiger partial charge is 0.383 e. The Labute approximate surface area is 110 Å². The summed E-state index contributed by atoms with van der Waals surface area (Å²) in [5.41, 5.74) is 2.71. The van der Waals surface area contributed by atoms with Crippen LogP contribution in [0.1, 0.15) is 24.8 Å². The van der Waals surface area contributed by atoms with Crippen molar-refractivity contribution < 1.29 is 4.74 Å². The topological polar surface area (TPSA) is 24.5 Å². The molecule has 0 saturated carbocycles. The van der Waals surface area contributed by atoms with Gasteiger partial charge in [0.05, 0.1) is 6.61 Å². The van der Waals surface area contributed by atoms with Crippen LogP contribution in [0.2, 0.25) is 0 Å². The second-order valence-corrected chi connectivity index (χ2v) is 4.88. The molecule has 1 fully saturated rings. The fourth-order valence-electron chi connectivity index (χ4n) is 2.38. The first kappa shape index (κ1) is 13.4. The average molecular weight is 248 g/mol. The SMILES string of the molecule is COCCNCc1ccc(N2CCCCC2)cc1. The number of benzene rings is 1. The van der Waals surface area contributed by atoms with Crippen molar-refractivity contribution in [1.29, 1.82) is 0 Å². The number of ether oxygens (including phenoxy) is 1. The lowest BCUT2D eigenvalue weighted by Gasteiger charge is -2.28. The zero-order chi connectivity index (χ0) is 12.6. The Balaban J connectivity index is 1.81. The van der Waals surface area contributed by atoms with Crippen LogP contribution in [0.3, 0.4) is 0 Å². The zero-order valence-electron chi connectivity index (χ0n) is 11.3. The summed E-state index contributed by atoms with van der Waals surface area (Å²) in [5.74, 6) is 0. The first-order chi connectivity index (χ1) is 8.90. The highest BCUT2D eigenvalue weighted by Crippen LogP contribution is 2.20. The van der Waals surface area contributed by atoms with Gasteiger partial charge in [0.25, 0.3) is 0 Å². The molecule has 1 heterocycles. The normalized spacial score (nSPS) is 15.9. The minimum Gasteiger partial charge on any atom is -0.383 e. The van der Waals surface area contributed by atoms with Gasteiger partial charge in [-0.3, -0.25) is 0 Å². The van der Waals surface area contributed by atoms with Crippen LogP contribution in [0.4, 0.5) is 5.69 Å². The van der Waals surface area contributed by atoms with Crippen molar-refractivity contribution in [2.75, 3.05) is 38.3 Å². The Bertz CT molecular complexity index is 331. The van der Waals surface area contributed by atoms with E-state index in [9.17, 15) is 0 Å². The van der Waals surface area contributed by atoms with Crippen molar-refractivity contribution in [3.8, 4) is 0 Å². The second kappa shape index (κ2) is 7.39.